The topological polar surface area (TPSA) is 64.2 Å². The van der Waals surface area contributed by atoms with E-state index in [1.165, 1.54) is 36.7 Å². The van der Waals surface area contributed by atoms with E-state index in [1.807, 2.05) is 23.0 Å². The lowest BCUT2D eigenvalue weighted by molar-refractivity contribution is -0.605. The highest BCUT2D eigenvalue weighted by molar-refractivity contribution is 5.77. The first-order chi connectivity index (χ1) is 19.6. The number of aromatic nitrogens is 2. The Balaban J connectivity index is 1.14. The van der Waals surface area contributed by atoms with Gasteiger partial charge >= 0.3 is 6.18 Å². The minimum atomic E-state index is -4.36. The number of likely N-dealkylation sites (tertiary alicyclic amines) is 1. The highest BCUT2D eigenvalue weighted by Gasteiger charge is 2.30. The van der Waals surface area contributed by atoms with Gasteiger partial charge in [-0.2, -0.15) is 17.9 Å². The number of hydrogen-bond donors (Lipinski definition) is 1. The van der Waals surface area contributed by atoms with Crippen LogP contribution in [-0.4, -0.2) is 28.5 Å². The van der Waals surface area contributed by atoms with Crippen molar-refractivity contribution in [3.63, 3.8) is 0 Å². The number of carbonyl (C=O) groups is 1. The van der Waals surface area contributed by atoms with Crippen LogP contribution in [0.2, 0.25) is 0 Å². The molecular weight excluding hydrogens is 536 g/mol. The molecule has 0 aliphatic carbocycles. The second-order valence-electron chi connectivity index (χ2n) is 10.4. The van der Waals surface area contributed by atoms with Crippen molar-refractivity contribution in [3.8, 4) is 5.69 Å². The molecule has 3 heterocycles. The van der Waals surface area contributed by atoms with Gasteiger partial charge in [-0.25, -0.2) is 4.39 Å². The van der Waals surface area contributed by atoms with Crippen LogP contribution in [0.25, 0.3) is 5.69 Å². The fourth-order valence-electron chi connectivity index (χ4n) is 5.26. The monoisotopic (exact) mass is 566 g/mol. The lowest BCUT2D eigenvalue weighted by Gasteiger charge is -2.31. The molecular formula is C31H30F4N4O2. The molecule has 1 N–H and O–H groups in total. The van der Waals surface area contributed by atoms with Crippen LogP contribution in [0.1, 0.15) is 47.6 Å². The van der Waals surface area contributed by atoms with Crippen molar-refractivity contribution in [1.82, 2.24) is 14.8 Å². The summed E-state index contributed by atoms with van der Waals surface area (Å²) in [6.07, 6.45) is 4.21. The van der Waals surface area contributed by atoms with Gasteiger partial charge in [-0.3, -0.25) is 9.69 Å². The number of carbonyl (C=O) groups excluding carboxylic acids is 1. The predicted molar refractivity (Wildman–Crippen MR) is 145 cm³/mol. The lowest BCUT2D eigenvalue weighted by Crippen LogP contribution is -2.37. The molecule has 41 heavy (non-hydrogen) atoms. The summed E-state index contributed by atoms with van der Waals surface area (Å²) in [7, 11) is 0. The molecule has 5 rings (SSSR count). The molecule has 0 saturated carbocycles. The van der Waals surface area contributed by atoms with Crippen molar-refractivity contribution >= 4 is 5.91 Å². The molecule has 214 valence electrons. The standard InChI is InChI=1S/C31H30F4N4O2/c32-27-7-3-24(4-8-27)30(25-2-1-14-39(41)21-25)36-29(40)18-22-11-15-37(16-12-22)19-23-13-17-38(20-23)28-9-5-26(6-10-28)31(33,34)35/h1-10,13-14,17,20-22,30H,11-12,15-16,18-19H2,(H,36,40). The zero-order valence-corrected chi connectivity index (χ0v) is 22.2. The van der Waals surface area contributed by atoms with Gasteiger partial charge in [-0.05, 0) is 91.5 Å². The number of nitrogens with one attached hydrogen (secondary N) is 1. The Labute approximate surface area is 235 Å². The largest absolute Gasteiger partial charge is 0.619 e. The number of piperidine rings is 1. The first kappa shape index (κ1) is 28.4. The number of alkyl halides is 3. The minimum absolute atomic E-state index is 0.132. The van der Waals surface area contributed by atoms with E-state index >= 15 is 0 Å². The third-order valence-corrected chi connectivity index (χ3v) is 7.47. The second-order valence-corrected chi connectivity index (χ2v) is 10.4. The van der Waals surface area contributed by atoms with Gasteiger partial charge in [-0.1, -0.05) is 12.1 Å². The van der Waals surface area contributed by atoms with Crippen LogP contribution in [0, 0.1) is 16.9 Å². The van der Waals surface area contributed by atoms with E-state index in [-0.39, 0.29) is 17.6 Å². The normalized spacial score (nSPS) is 15.5. The smallest absolute Gasteiger partial charge is 0.416 e. The van der Waals surface area contributed by atoms with E-state index in [2.05, 4.69) is 10.2 Å². The molecule has 1 atom stereocenters. The maximum absolute atomic E-state index is 13.5. The lowest BCUT2D eigenvalue weighted by atomic mass is 9.92. The molecule has 1 unspecified atom stereocenters. The highest BCUT2D eigenvalue weighted by atomic mass is 19.4. The maximum Gasteiger partial charge on any atom is 0.416 e. The first-order valence-corrected chi connectivity index (χ1v) is 13.4. The highest BCUT2D eigenvalue weighted by Crippen LogP contribution is 2.30. The number of rotatable bonds is 8. The summed E-state index contributed by atoms with van der Waals surface area (Å²) in [5, 5.41) is 14.9. The van der Waals surface area contributed by atoms with Gasteiger partial charge in [0.05, 0.1) is 11.6 Å². The Morgan fingerprint density at radius 2 is 1.71 bits per heavy atom. The van der Waals surface area contributed by atoms with Crippen molar-refractivity contribution in [3.05, 3.63) is 125 Å². The summed E-state index contributed by atoms with van der Waals surface area (Å²) in [6.45, 7) is 2.35. The average Bonchev–Trinajstić information content (AvgIpc) is 3.41. The summed E-state index contributed by atoms with van der Waals surface area (Å²) < 4.78 is 54.5. The van der Waals surface area contributed by atoms with Crippen molar-refractivity contribution in [2.45, 2.75) is 38.0 Å². The van der Waals surface area contributed by atoms with E-state index in [0.717, 1.165) is 43.6 Å². The Morgan fingerprint density at radius 1 is 1.00 bits per heavy atom. The molecule has 0 bridgehead atoms. The number of benzene rings is 2. The molecule has 0 spiro atoms. The number of pyridine rings is 1. The van der Waals surface area contributed by atoms with Gasteiger partial charge in [0, 0.05) is 42.7 Å². The van der Waals surface area contributed by atoms with Crippen LogP contribution in [-0.2, 0) is 17.5 Å². The minimum Gasteiger partial charge on any atom is -0.619 e. The average molecular weight is 567 g/mol. The molecule has 1 aliphatic rings. The summed E-state index contributed by atoms with van der Waals surface area (Å²) >= 11 is 0. The molecule has 1 fully saturated rings. The number of amides is 1. The third-order valence-electron chi connectivity index (χ3n) is 7.47. The summed E-state index contributed by atoms with van der Waals surface area (Å²) in [6, 6.07) is 15.7. The van der Waals surface area contributed by atoms with Gasteiger partial charge in [0.2, 0.25) is 5.91 Å². The molecule has 1 amide bonds. The SMILES string of the molecule is O=C(CC1CCN(Cc2ccn(-c3ccc(C(F)(F)F)cc3)c2)CC1)NC(c1ccc(F)cc1)c1ccc[n+]([O-])c1. The van der Waals surface area contributed by atoms with Gasteiger partial charge in [0.25, 0.3) is 0 Å². The third kappa shape index (κ3) is 7.32. The Bertz CT molecular complexity index is 1460. The summed E-state index contributed by atoms with van der Waals surface area (Å²) in [4.78, 5) is 15.4. The van der Waals surface area contributed by atoms with E-state index < -0.39 is 17.8 Å². The zero-order valence-electron chi connectivity index (χ0n) is 22.2. The van der Waals surface area contributed by atoms with Crippen LogP contribution in [0.15, 0.2) is 91.5 Å². The van der Waals surface area contributed by atoms with Crippen molar-refractivity contribution in [2.24, 2.45) is 5.92 Å². The molecule has 2 aromatic carbocycles. The Morgan fingerprint density at radius 3 is 2.37 bits per heavy atom. The van der Waals surface area contributed by atoms with Gasteiger partial charge in [-0.15, -0.1) is 0 Å². The summed E-state index contributed by atoms with van der Waals surface area (Å²) in [5.74, 6) is -0.307. The molecule has 1 aliphatic heterocycles. The van der Waals surface area contributed by atoms with Crippen LogP contribution < -0.4 is 10.0 Å². The van der Waals surface area contributed by atoms with Crippen LogP contribution in [0.5, 0.6) is 0 Å². The number of hydrogen-bond acceptors (Lipinski definition) is 3. The van der Waals surface area contributed by atoms with Gasteiger partial charge in [0.15, 0.2) is 12.4 Å². The van der Waals surface area contributed by atoms with Crippen LogP contribution >= 0.6 is 0 Å². The number of nitrogens with zero attached hydrogens (tertiary/aromatic N) is 3. The molecule has 10 heteroatoms. The molecule has 0 radical (unpaired) electrons. The fourth-order valence-corrected chi connectivity index (χ4v) is 5.26. The second kappa shape index (κ2) is 12.1. The Hall–Kier alpha value is -4.18. The van der Waals surface area contributed by atoms with Crippen LogP contribution in [0.3, 0.4) is 0 Å². The first-order valence-electron chi connectivity index (χ1n) is 13.4. The zero-order chi connectivity index (χ0) is 29.0. The van der Waals surface area contributed by atoms with Crippen molar-refractivity contribution in [1.29, 1.82) is 0 Å². The quantitative estimate of drug-likeness (QED) is 0.167. The molecule has 1 saturated heterocycles. The van der Waals surface area contributed by atoms with Crippen LogP contribution in [0.4, 0.5) is 17.6 Å². The van der Waals surface area contributed by atoms with E-state index in [9.17, 15) is 27.6 Å². The fraction of sp³-hybridized carbons (Fsp3) is 0.290. The van der Waals surface area contributed by atoms with E-state index in [0.29, 0.717) is 34.5 Å². The number of halogens is 4. The van der Waals surface area contributed by atoms with Crippen molar-refractivity contribution in [2.75, 3.05) is 13.1 Å². The van der Waals surface area contributed by atoms with Gasteiger partial charge in [0.1, 0.15) is 5.82 Å². The Kier molecular flexibility index (Phi) is 8.39. The molecule has 6 nitrogen and oxygen atoms in total. The molecule has 4 aromatic rings. The van der Waals surface area contributed by atoms with E-state index in [4.69, 9.17) is 0 Å². The maximum atomic E-state index is 13.5. The van der Waals surface area contributed by atoms with Gasteiger partial charge < -0.3 is 15.1 Å². The van der Waals surface area contributed by atoms with Crippen molar-refractivity contribution < 1.29 is 27.1 Å². The summed E-state index contributed by atoms with van der Waals surface area (Å²) in [5.41, 5.74) is 2.34. The van der Waals surface area contributed by atoms with E-state index in [1.54, 1.807) is 24.3 Å². The molecule has 2 aromatic heterocycles. The predicted octanol–water partition coefficient (Wildman–Crippen LogP) is 5.78.